The van der Waals surface area contributed by atoms with Crippen molar-refractivity contribution < 1.29 is 19.1 Å². The maximum Gasteiger partial charge on any atom is 0.408 e. The Bertz CT molecular complexity index is 887. The van der Waals surface area contributed by atoms with Gasteiger partial charge in [0.05, 0.1) is 0 Å². The highest BCUT2D eigenvalue weighted by Crippen LogP contribution is 2.28. The van der Waals surface area contributed by atoms with E-state index in [1.807, 2.05) is 45.9 Å². The standard InChI is InChI=1S/C28H45N3O4/c1-9-19(3)23(30-27(34)35-28(5,6)7)26(33)31(8)24(22-17-18(2)15-16-20(22)4)25(32)29-21-13-11-10-12-14-21/h15-17,19,21,23-24H,9-14H2,1-8H3,(H,29,32)(H,30,34). The average Bonchev–Trinajstić information content (AvgIpc) is 2.78. The minimum Gasteiger partial charge on any atom is -0.444 e. The average molecular weight is 488 g/mol. The number of nitrogens with one attached hydrogen (secondary N) is 2. The molecule has 0 heterocycles. The van der Waals surface area contributed by atoms with Crippen molar-refractivity contribution >= 4 is 17.9 Å². The third kappa shape index (κ3) is 8.25. The van der Waals surface area contributed by atoms with E-state index < -0.39 is 23.8 Å². The highest BCUT2D eigenvalue weighted by molar-refractivity contribution is 5.92. The summed E-state index contributed by atoms with van der Waals surface area (Å²) in [6.07, 6.45) is 5.35. The van der Waals surface area contributed by atoms with Gasteiger partial charge in [-0.25, -0.2) is 4.79 Å². The SMILES string of the molecule is CCC(C)C(NC(=O)OC(C)(C)C)C(=O)N(C)C(C(=O)NC1CCCCC1)c1cc(C)ccc1C. The molecule has 0 bridgehead atoms. The molecule has 1 saturated carbocycles. The van der Waals surface area contributed by atoms with Gasteiger partial charge in [0.15, 0.2) is 0 Å². The Hall–Kier alpha value is -2.57. The summed E-state index contributed by atoms with van der Waals surface area (Å²) in [4.78, 5) is 41.6. The molecule has 35 heavy (non-hydrogen) atoms. The van der Waals surface area contributed by atoms with E-state index in [-0.39, 0.29) is 23.8 Å². The number of hydrogen-bond donors (Lipinski definition) is 2. The molecular formula is C28H45N3O4. The molecule has 1 aromatic rings. The molecule has 1 aliphatic carbocycles. The number of rotatable bonds is 8. The Balaban J connectivity index is 2.38. The largest absolute Gasteiger partial charge is 0.444 e. The first-order valence-corrected chi connectivity index (χ1v) is 13.0. The second-order valence-electron chi connectivity index (χ2n) is 11.1. The second kappa shape index (κ2) is 12.4. The molecule has 3 amide bonds. The van der Waals surface area contributed by atoms with Gasteiger partial charge in [-0.2, -0.15) is 0 Å². The summed E-state index contributed by atoms with van der Waals surface area (Å²) >= 11 is 0. The highest BCUT2D eigenvalue weighted by atomic mass is 16.6. The van der Waals surface area contributed by atoms with E-state index in [2.05, 4.69) is 10.6 Å². The second-order valence-corrected chi connectivity index (χ2v) is 11.1. The van der Waals surface area contributed by atoms with Gasteiger partial charge in [-0.1, -0.05) is 63.3 Å². The topological polar surface area (TPSA) is 87.7 Å². The first kappa shape index (κ1) is 28.7. The number of alkyl carbamates (subject to hydrolysis) is 1. The number of carbonyl (C=O) groups excluding carboxylic acids is 3. The quantitative estimate of drug-likeness (QED) is 0.528. The third-order valence-electron chi connectivity index (χ3n) is 6.82. The van der Waals surface area contributed by atoms with Crippen molar-refractivity contribution in [3.8, 4) is 0 Å². The van der Waals surface area contributed by atoms with Crippen LogP contribution in [0.15, 0.2) is 18.2 Å². The van der Waals surface area contributed by atoms with Gasteiger partial charge in [0.2, 0.25) is 11.8 Å². The Morgan fingerprint density at radius 2 is 1.74 bits per heavy atom. The summed E-state index contributed by atoms with van der Waals surface area (Å²) in [5.74, 6) is -0.630. The van der Waals surface area contributed by atoms with Gasteiger partial charge in [0.25, 0.3) is 0 Å². The lowest BCUT2D eigenvalue weighted by Crippen LogP contribution is -2.54. The van der Waals surface area contributed by atoms with Gasteiger partial charge in [0, 0.05) is 13.1 Å². The molecule has 0 aromatic heterocycles. The van der Waals surface area contributed by atoms with Crippen molar-refractivity contribution in [3.05, 3.63) is 34.9 Å². The van der Waals surface area contributed by atoms with Crippen molar-refractivity contribution in [3.63, 3.8) is 0 Å². The fourth-order valence-corrected chi connectivity index (χ4v) is 4.57. The van der Waals surface area contributed by atoms with E-state index in [1.165, 1.54) is 11.3 Å². The van der Waals surface area contributed by atoms with Crippen molar-refractivity contribution in [2.24, 2.45) is 5.92 Å². The predicted molar refractivity (Wildman–Crippen MR) is 139 cm³/mol. The molecule has 0 spiro atoms. The molecule has 2 N–H and O–H groups in total. The number of hydrogen-bond acceptors (Lipinski definition) is 4. The molecule has 0 aliphatic heterocycles. The molecule has 3 atom stereocenters. The molecule has 1 aromatic carbocycles. The molecule has 7 nitrogen and oxygen atoms in total. The van der Waals surface area contributed by atoms with Crippen LogP contribution in [0, 0.1) is 19.8 Å². The van der Waals surface area contributed by atoms with E-state index in [1.54, 1.807) is 27.8 Å². The van der Waals surface area contributed by atoms with E-state index in [0.29, 0.717) is 6.42 Å². The molecule has 2 rings (SSSR count). The van der Waals surface area contributed by atoms with Crippen LogP contribution in [0.25, 0.3) is 0 Å². The summed E-state index contributed by atoms with van der Waals surface area (Å²) in [7, 11) is 1.65. The lowest BCUT2D eigenvalue weighted by molar-refractivity contribution is -0.142. The molecule has 7 heteroatoms. The number of nitrogens with zero attached hydrogens (tertiary/aromatic N) is 1. The molecule has 3 unspecified atom stereocenters. The molecule has 1 fully saturated rings. The smallest absolute Gasteiger partial charge is 0.408 e. The zero-order valence-electron chi connectivity index (χ0n) is 22.9. The van der Waals surface area contributed by atoms with Crippen molar-refractivity contribution in [2.75, 3.05) is 7.05 Å². The first-order valence-electron chi connectivity index (χ1n) is 13.0. The van der Waals surface area contributed by atoms with Crippen LogP contribution in [0.1, 0.15) is 95.9 Å². The maximum atomic E-state index is 13.8. The van der Waals surface area contributed by atoms with Gasteiger partial charge >= 0.3 is 6.09 Å². The highest BCUT2D eigenvalue weighted by Gasteiger charge is 2.37. The summed E-state index contributed by atoms with van der Waals surface area (Å²) in [6, 6.07) is 4.48. The fourth-order valence-electron chi connectivity index (χ4n) is 4.57. The van der Waals surface area contributed by atoms with Gasteiger partial charge in [-0.15, -0.1) is 0 Å². The van der Waals surface area contributed by atoms with Gasteiger partial charge in [-0.3, -0.25) is 9.59 Å². The number of carbonyl (C=O) groups is 3. The fraction of sp³-hybridized carbons (Fsp3) is 0.679. The van der Waals surface area contributed by atoms with Crippen molar-refractivity contribution in [2.45, 2.75) is 111 Å². The van der Waals surface area contributed by atoms with Crippen molar-refractivity contribution in [1.29, 1.82) is 0 Å². The monoisotopic (exact) mass is 487 g/mol. The number of ether oxygens (including phenoxy) is 1. The minimum atomic E-state index is -0.810. The zero-order chi connectivity index (χ0) is 26.3. The van der Waals surface area contributed by atoms with Gasteiger partial charge in [-0.05, 0) is 64.5 Å². The predicted octanol–water partition coefficient (Wildman–Crippen LogP) is 5.19. The normalized spacial score (nSPS) is 17.1. The lowest BCUT2D eigenvalue weighted by atomic mass is 9.92. The Kier molecular flexibility index (Phi) is 10.2. The van der Waals surface area contributed by atoms with Crippen LogP contribution in [0.3, 0.4) is 0 Å². The lowest BCUT2D eigenvalue weighted by Gasteiger charge is -2.35. The Morgan fingerprint density at radius 3 is 2.31 bits per heavy atom. The van der Waals surface area contributed by atoms with E-state index in [4.69, 9.17) is 4.74 Å². The molecule has 0 radical (unpaired) electrons. The van der Waals surface area contributed by atoms with Gasteiger partial charge < -0.3 is 20.3 Å². The van der Waals surface area contributed by atoms with Crippen molar-refractivity contribution in [1.82, 2.24) is 15.5 Å². The van der Waals surface area contributed by atoms with E-state index in [0.717, 1.165) is 42.4 Å². The summed E-state index contributed by atoms with van der Waals surface area (Å²) in [6.45, 7) is 13.2. The maximum absolute atomic E-state index is 13.8. The summed E-state index contributed by atoms with van der Waals surface area (Å²) in [5, 5.41) is 5.98. The van der Waals surface area contributed by atoms with Crippen LogP contribution in [-0.2, 0) is 14.3 Å². The minimum absolute atomic E-state index is 0.123. The van der Waals surface area contributed by atoms with Gasteiger partial charge in [0.1, 0.15) is 17.7 Å². The van der Waals surface area contributed by atoms with E-state index >= 15 is 0 Å². The van der Waals surface area contributed by atoms with Crippen LogP contribution in [0.4, 0.5) is 4.79 Å². The Morgan fingerprint density at radius 1 is 1.11 bits per heavy atom. The number of likely N-dealkylation sites (N-methyl/N-ethyl adjacent to an activating group) is 1. The summed E-state index contributed by atoms with van der Waals surface area (Å²) < 4.78 is 5.42. The molecule has 1 aliphatic rings. The molecular weight excluding hydrogens is 442 g/mol. The van der Waals surface area contributed by atoms with E-state index in [9.17, 15) is 14.4 Å². The van der Waals surface area contributed by atoms with Crippen LogP contribution in [-0.4, -0.2) is 47.5 Å². The first-order chi connectivity index (χ1) is 16.3. The van der Waals surface area contributed by atoms with Crippen LogP contribution < -0.4 is 10.6 Å². The van der Waals surface area contributed by atoms with Crippen LogP contribution in [0.5, 0.6) is 0 Å². The zero-order valence-corrected chi connectivity index (χ0v) is 22.9. The molecule has 0 saturated heterocycles. The summed E-state index contributed by atoms with van der Waals surface area (Å²) in [5.41, 5.74) is 2.08. The molecule has 196 valence electrons. The number of amides is 3. The van der Waals surface area contributed by atoms with Crippen LogP contribution in [0.2, 0.25) is 0 Å². The van der Waals surface area contributed by atoms with Crippen LogP contribution >= 0.6 is 0 Å². The number of benzene rings is 1. The Labute approximate surface area is 211 Å². The number of aryl methyl sites for hydroxylation is 2. The third-order valence-corrected chi connectivity index (χ3v) is 6.82.